The SMILES string of the molecule is CC1(C)C(=O)N(c2ccc(C#N)c(C(F)(F)F)c2)C(=O)N1CCn1cc(Br)cn1. The van der Waals surface area contributed by atoms with Gasteiger partial charge >= 0.3 is 12.2 Å². The highest BCUT2D eigenvalue weighted by Gasteiger charge is 2.52. The van der Waals surface area contributed by atoms with E-state index in [9.17, 15) is 22.8 Å². The number of urea groups is 1. The molecule has 2 aromatic rings. The van der Waals surface area contributed by atoms with E-state index in [2.05, 4.69) is 21.0 Å². The summed E-state index contributed by atoms with van der Waals surface area (Å²) in [5, 5.41) is 13.0. The molecule has 1 fully saturated rings. The number of alkyl halides is 3. The van der Waals surface area contributed by atoms with Crippen LogP contribution in [0, 0.1) is 11.3 Å². The minimum Gasteiger partial charge on any atom is -0.308 e. The van der Waals surface area contributed by atoms with Crippen molar-refractivity contribution in [2.75, 3.05) is 11.4 Å². The molecule has 0 aliphatic carbocycles. The van der Waals surface area contributed by atoms with Gasteiger partial charge in [-0.05, 0) is 48.0 Å². The molecule has 2 heterocycles. The van der Waals surface area contributed by atoms with Crippen molar-refractivity contribution in [3.05, 3.63) is 46.2 Å². The van der Waals surface area contributed by atoms with Crippen LogP contribution in [0.5, 0.6) is 0 Å². The number of imide groups is 1. The highest BCUT2D eigenvalue weighted by atomic mass is 79.9. The lowest BCUT2D eigenvalue weighted by atomic mass is 10.0. The summed E-state index contributed by atoms with van der Waals surface area (Å²) in [6, 6.07) is 3.51. The molecule has 1 aliphatic heterocycles. The lowest BCUT2D eigenvalue weighted by Crippen LogP contribution is -2.45. The quantitative estimate of drug-likeness (QED) is 0.637. The normalized spacial score (nSPS) is 16.4. The van der Waals surface area contributed by atoms with Crippen LogP contribution >= 0.6 is 15.9 Å². The number of aromatic nitrogens is 2. The van der Waals surface area contributed by atoms with E-state index in [1.807, 2.05) is 0 Å². The van der Waals surface area contributed by atoms with Crippen LogP contribution in [0.4, 0.5) is 23.7 Å². The number of carbonyl (C=O) groups is 2. The fraction of sp³-hybridized carbons (Fsp3) is 0.333. The molecule has 0 radical (unpaired) electrons. The molecule has 7 nitrogen and oxygen atoms in total. The first kappa shape index (κ1) is 20.9. The van der Waals surface area contributed by atoms with Crippen LogP contribution in [0.3, 0.4) is 0 Å². The van der Waals surface area contributed by atoms with E-state index < -0.39 is 34.8 Å². The van der Waals surface area contributed by atoms with Gasteiger partial charge in [0.05, 0.1) is 40.1 Å². The van der Waals surface area contributed by atoms with Crippen molar-refractivity contribution in [3.63, 3.8) is 0 Å². The number of amides is 3. The first-order chi connectivity index (χ1) is 13.5. The molecular weight excluding hydrogens is 455 g/mol. The van der Waals surface area contributed by atoms with Crippen LogP contribution in [0.25, 0.3) is 0 Å². The Morgan fingerprint density at radius 3 is 2.48 bits per heavy atom. The van der Waals surface area contributed by atoms with E-state index >= 15 is 0 Å². The number of hydrogen-bond acceptors (Lipinski definition) is 4. The van der Waals surface area contributed by atoms with E-state index in [1.54, 1.807) is 17.1 Å². The molecule has 0 saturated carbocycles. The van der Waals surface area contributed by atoms with Crippen molar-refractivity contribution >= 4 is 33.6 Å². The maximum Gasteiger partial charge on any atom is 0.417 e. The molecule has 0 N–H and O–H groups in total. The third-order valence-electron chi connectivity index (χ3n) is 4.67. The summed E-state index contributed by atoms with van der Waals surface area (Å²) in [4.78, 5) is 27.8. The lowest BCUT2D eigenvalue weighted by Gasteiger charge is -2.27. The van der Waals surface area contributed by atoms with Crippen molar-refractivity contribution in [1.29, 1.82) is 5.26 Å². The minimum atomic E-state index is -4.80. The molecule has 1 aromatic heterocycles. The zero-order chi connectivity index (χ0) is 21.6. The highest BCUT2D eigenvalue weighted by Crippen LogP contribution is 2.37. The summed E-state index contributed by atoms with van der Waals surface area (Å²) in [5.41, 5.74) is -3.27. The lowest BCUT2D eigenvalue weighted by molar-refractivity contribution is -0.137. The van der Waals surface area contributed by atoms with Crippen LogP contribution < -0.4 is 4.90 Å². The highest BCUT2D eigenvalue weighted by molar-refractivity contribution is 9.10. The molecule has 152 valence electrons. The Kier molecular flexibility index (Phi) is 5.17. The van der Waals surface area contributed by atoms with Crippen LogP contribution in [0.15, 0.2) is 35.1 Å². The maximum atomic E-state index is 13.3. The fourth-order valence-corrected chi connectivity index (χ4v) is 3.43. The van der Waals surface area contributed by atoms with Crippen LogP contribution in [0.2, 0.25) is 0 Å². The summed E-state index contributed by atoms with van der Waals surface area (Å²) < 4.78 is 42.1. The molecule has 0 atom stereocenters. The van der Waals surface area contributed by atoms with Gasteiger partial charge in [0.25, 0.3) is 5.91 Å². The molecule has 1 aromatic carbocycles. The Morgan fingerprint density at radius 1 is 1.24 bits per heavy atom. The van der Waals surface area contributed by atoms with Crippen molar-refractivity contribution < 1.29 is 22.8 Å². The average Bonchev–Trinajstić information content (AvgIpc) is 3.12. The number of benzene rings is 1. The number of halogens is 4. The summed E-state index contributed by atoms with van der Waals surface area (Å²) in [6.07, 6.45) is -1.53. The van der Waals surface area contributed by atoms with Gasteiger partial charge in [0.1, 0.15) is 5.54 Å². The first-order valence-electron chi connectivity index (χ1n) is 8.42. The largest absolute Gasteiger partial charge is 0.417 e. The minimum absolute atomic E-state index is 0.130. The molecule has 0 spiro atoms. The Morgan fingerprint density at radius 2 is 1.93 bits per heavy atom. The molecule has 29 heavy (non-hydrogen) atoms. The average molecular weight is 470 g/mol. The second kappa shape index (κ2) is 7.18. The molecular formula is C18H15BrF3N5O2. The van der Waals surface area contributed by atoms with Gasteiger partial charge < -0.3 is 4.90 Å². The van der Waals surface area contributed by atoms with Gasteiger partial charge in [-0.3, -0.25) is 9.48 Å². The maximum absolute atomic E-state index is 13.3. The second-order valence-electron chi connectivity index (χ2n) is 6.89. The number of carbonyl (C=O) groups excluding carboxylic acids is 2. The van der Waals surface area contributed by atoms with Gasteiger partial charge in [0, 0.05) is 12.7 Å². The smallest absolute Gasteiger partial charge is 0.308 e. The number of hydrogen-bond donors (Lipinski definition) is 0. The summed E-state index contributed by atoms with van der Waals surface area (Å²) in [6.45, 7) is 3.48. The molecule has 1 saturated heterocycles. The fourth-order valence-electron chi connectivity index (χ4n) is 3.11. The monoisotopic (exact) mass is 469 g/mol. The summed E-state index contributed by atoms with van der Waals surface area (Å²) >= 11 is 3.26. The Balaban J connectivity index is 1.93. The van der Waals surface area contributed by atoms with Gasteiger partial charge in [-0.1, -0.05) is 0 Å². The van der Waals surface area contributed by atoms with Gasteiger partial charge in [-0.15, -0.1) is 0 Å². The van der Waals surface area contributed by atoms with E-state index in [4.69, 9.17) is 5.26 Å². The van der Waals surface area contributed by atoms with Crippen molar-refractivity contribution in [2.24, 2.45) is 0 Å². The van der Waals surface area contributed by atoms with Crippen LogP contribution in [-0.4, -0.2) is 38.7 Å². The predicted molar refractivity (Wildman–Crippen MR) is 99.8 cm³/mol. The third kappa shape index (κ3) is 3.72. The molecule has 1 aliphatic rings. The van der Waals surface area contributed by atoms with Crippen LogP contribution in [-0.2, 0) is 17.5 Å². The zero-order valence-electron chi connectivity index (χ0n) is 15.4. The van der Waals surface area contributed by atoms with Gasteiger partial charge in [-0.2, -0.15) is 23.5 Å². The molecule has 0 unspecified atom stereocenters. The van der Waals surface area contributed by atoms with Gasteiger partial charge in [0.2, 0.25) is 0 Å². The topological polar surface area (TPSA) is 82.2 Å². The van der Waals surface area contributed by atoms with E-state index in [0.717, 1.165) is 21.5 Å². The standard InChI is InChI=1S/C18H15BrF3N5O2/c1-17(2)15(28)27(13-4-3-11(8-23)14(7-13)18(20,21)22)16(29)26(17)6-5-25-10-12(19)9-24-25/h3-4,7,9-10H,5-6H2,1-2H3. The molecule has 11 heteroatoms. The molecule has 3 amide bonds. The Labute approximate surface area is 172 Å². The van der Waals surface area contributed by atoms with E-state index in [1.165, 1.54) is 24.8 Å². The van der Waals surface area contributed by atoms with Gasteiger partial charge in [-0.25, -0.2) is 9.69 Å². The summed E-state index contributed by atoms with van der Waals surface area (Å²) in [5.74, 6) is -0.651. The number of anilines is 1. The van der Waals surface area contributed by atoms with Crippen molar-refractivity contribution in [3.8, 4) is 6.07 Å². The van der Waals surface area contributed by atoms with Gasteiger partial charge in [0.15, 0.2) is 0 Å². The van der Waals surface area contributed by atoms with Crippen molar-refractivity contribution in [2.45, 2.75) is 32.1 Å². The third-order valence-corrected chi connectivity index (χ3v) is 5.07. The number of nitriles is 1. The Hall–Kier alpha value is -2.87. The number of rotatable bonds is 4. The van der Waals surface area contributed by atoms with Crippen molar-refractivity contribution in [1.82, 2.24) is 14.7 Å². The molecule has 3 rings (SSSR count). The predicted octanol–water partition coefficient (Wildman–Crippen LogP) is 3.78. The first-order valence-corrected chi connectivity index (χ1v) is 9.21. The van der Waals surface area contributed by atoms with E-state index in [-0.39, 0.29) is 12.2 Å². The second-order valence-corrected chi connectivity index (χ2v) is 7.81. The zero-order valence-corrected chi connectivity index (χ0v) is 17.0. The summed E-state index contributed by atoms with van der Waals surface area (Å²) in [7, 11) is 0. The molecule has 0 bridgehead atoms. The Bertz CT molecular complexity index is 1030. The van der Waals surface area contributed by atoms with E-state index in [0.29, 0.717) is 12.6 Å². The van der Waals surface area contributed by atoms with Crippen LogP contribution in [0.1, 0.15) is 25.0 Å². The number of nitrogens with zero attached hydrogens (tertiary/aromatic N) is 5.